The van der Waals surface area contributed by atoms with E-state index in [1.807, 2.05) is 0 Å². The Morgan fingerprint density at radius 2 is 0.927 bits per heavy atom. The summed E-state index contributed by atoms with van der Waals surface area (Å²) in [5.74, 6) is 9.70. The van der Waals surface area contributed by atoms with E-state index in [0.717, 1.165) is 59.2 Å². The number of benzene rings is 2. The Kier molecular flexibility index (Phi) is 6.13. The maximum atomic E-state index is 4.04. The van der Waals surface area contributed by atoms with E-state index < -0.39 is 0 Å². The van der Waals surface area contributed by atoms with Crippen LogP contribution in [0.4, 0.5) is 11.4 Å². The monoisotopic (exact) mass is 549 g/mol. The van der Waals surface area contributed by atoms with Gasteiger partial charge in [0, 0.05) is 11.4 Å². The quantitative estimate of drug-likeness (QED) is 0.400. The van der Waals surface area contributed by atoms with Crippen molar-refractivity contribution in [1.82, 2.24) is 0 Å². The Morgan fingerprint density at radius 3 is 1.39 bits per heavy atom. The fraction of sp³-hybridized carbons (Fsp3) is 0.700. The first-order valence-corrected chi connectivity index (χ1v) is 17.6. The minimum absolute atomic E-state index is 0.131. The number of fused-ring (bicyclic) bond motifs is 10. The third-order valence-electron chi connectivity index (χ3n) is 13.6. The van der Waals surface area contributed by atoms with Crippen molar-refractivity contribution in [1.29, 1.82) is 0 Å². The molecule has 0 saturated heterocycles. The highest BCUT2D eigenvalue weighted by molar-refractivity contribution is 5.64. The summed E-state index contributed by atoms with van der Waals surface area (Å²) in [6.07, 6.45) is 15.0. The van der Waals surface area contributed by atoms with E-state index in [0.29, 0.717) is 0 Å². The van der Waals surface area contributed by atoms with Crippen LogP contribution in [0.3, 0.4) is 0 Å². The molecule has 0 aromatic heterocycles. The molecule has 10 atom stereocenters. The summed E-state index contributed by atoms with van der Waals surface area (Å²) in [5.41, 5.74) is 9.15. The second-order valence-electron chi connectivity index (χ2n) is 17.8. The van der Waals surface area contributed by atoms with Crippen LogP contribution in [0, 0.1) is 47.3 Å². The van der Waals surface area contributed by atoms with Crippen molar-refractivity contribution >= 4 is 11.4 Å². The largest absolute Gasteiger partial charge is 0.355 e. The topological polar surface area (TPSA) is 12.0 Å². The van der Waals surface area contributed by atoms with Crippen molar-refractivity contribution in [2.24, 2.45) is 47.3 Å². The maximum Gasteiger partial charge on any atom is 0.0390 e. The van der Waals surface area contributed by atoms with Gasteiger partial charge in [0.2, 0.25) is 0 Å². The maximum absolute atomic E-state index is 4.04. The third-order valence-corrected chi connectivity index (χ3v) is 13.6. The summed E-state index contributed by atoms with van der Waals surface area (Å²) in [7, 11) is 0. The molecule has 6 aliphatic rings. The predicted octanol–water partition coefficient (Wildman–Crippen LogP) is 11.1. The van der Waals surface area contributed by atoms with Gasteiger partial charge in [0.1, 0.15) is 0 Å². The van der Waals surface area contributed by atoms with Crippen LogP contribution in [0.25, 0.3) is 0 Å². The smallest absolute Gasteiger partial charge is 0.0390 e. The number of anilines is 2. The van der Waals surface area contributed by atoms with Crippen molar-refractivity contribution in [2.45, 2.75) is 128 Å². The molecule has 6 aliphatic carbocycles. The van der Waals surface area contributed by atoms with Crippen LogP contribution in [0.2, 0.25) is 0 Å². The molecule has 4 bridgehead atoms. The van der Waals surface area contributed by atoms with Crippen molar-refractivity contribution < 1.29 is 0 Å². The van der Waals surface area contributed by atoms with Gasteiger partial charge in [0.15, 0.2) is 0 Å². The Hall–Kier alpha value is -1.76. The second-order valence-corrected chi connectivity index (χ2v) is 17.8. The van der Waals surface area contributed by atoms with E-state index in [-0.39, 0.29) is 10.8 Å². The van der Waals surface area contributed by atoms with E-state index in [1.54, 1.807) is 11.1 Å². The molecule has 2 aromatic rings. The van der Waals surface area contributed by atoms with E-state index in [9.17, 15) is 0 Å². The number of nitrogens with one attached hydrogen (secondary N) is 1. The molecule has 1 nitrogen and oxygen atoms in total. The van der Waals surface area contributed by atoms with Gasteiger partial charge in [-0.05, 0) is 168 Å². The van der Waals surface area contributed by atoms with Crippen LogP contribution in [-0.4, -0.2) is 0 Å². The van der Waals surface area contributed by atoms with Gasteiger partial charge < -0.3 is 5.32 Å². The zero-order valence-corrected chi connectivity index (χ0v) is 26.8. The van der Waals surface area contributed by atoms with Gasteiger partial charge in [0.25, 0.3) is 0 Å². The fourth-order valence-electron chi connectivity index (χ4n) is 11.8. The molecule has 0 aliphatic heterocycles. The Labute approximate surface area is 250 Å². The molecule has 1 heteroatoms. The molecule has 2 aromatic carbocycles. The van der Waals surface area contributed by atoms with Crippen molar-refractivity contribution in [3.05, 3.63) is 58.7 Å². The van der Waals surface area contributed by atoms with Gasteiger partial charge in [-0.3, -0.25) is 0 Å². The molecule has 6 saturated carbocycles. The lowest BCUT2D eigenvalue weighted by atomic mass is 9.70. The molecule has 41 heavy (non-hydrogen) atoms. The summed E-state index contributed by atoms with van der Waals surface area (Å²) >= 11 is 0. The second kappa shape index (κ2) is 9.37. The molecular formula is C40H55N. The molecular weight excluding hydrogens is 494 g/mol. The molecule has 0 amide bonds. The van der Waals surface area contributed by atoms with Crippen LogP contribution in [0.15, 0.2) is 36.4 Å². The molecule has 8 rings (SSSR count). The first kappa shape index (κ1) is 26.8. The lowest BCUT2D eigenvalue weighted by Crippen LogP contribution is -2.24. The molecule has 1 N–H and O–H groups in total. The van der Waals surface area contributed by atoms with Crippen molar-refractivity contribution in [3.63, 3.8) is 0 Å². The van der Waals surface area contributed by atoms with Gasteiger partial charge in [0.05, 0.1) is 0 Å². The minimum atomic E-state index is 0.131. The van der Waals surface area contributed by atoms with E-state index in [2.05, 4.69) is 83.3 Å². The summed E-state index contributed by atoms with van der Waals surface area (Å²) in [5, 5.41) is 4.04. The molecule has 0 radical (unpaired) electrons. The first-order valence-electron chi connectivity index (χ1n) is 17.6. The molecule has 220 valence electrons. The zero-order valence-electron chi connectivity index (χ0n) is 26.8. The van der Waals surface area contributed by atoms with Crippen LogP contribution in [0.5, 0.6) is 0 Å². The summed E-state index contributed by atoms with van der Waals surface area (Å²) in [6, 6.07) is 15.3. The average molecular weight is 550 g/mol. The number of hydrogen-bond donors (Lipinski definition) is 1. The van der Waals surface area contributed by atoms with E-state index >= 15 is 0 Å². The standard InChI is InChI=1S/C40H55N/c1-39(2,3)27-20-28(40(4,5)6)22-30(21-27)41-29-14-23(35-16-25-18-37(35)33-11-7-9-31(25)33)13-24(15-29)36-17-26-19-38(36)34-12-8-10-32(26)34/h13-15,20-22,25-26,31-38,41H,7-12,16-19H2,1-6H3. The third kappa shape index (κ3) is 4.45. The van der Waals surface area contributed by atoms with Gasteiger partial charge in [-0.2, -0.15) is 0 Å². The first-order chi connectivity index (χ1) is 19.5. The lowest BCUT2D eigenvalue weighted by molar-refractivity contribution is 0.229. The highest BCUT2D eigenvalue weighted by Gasteiger charge is 2.55. The lowest BCUT2D eigenvalue weighted by Gasteiger charge is -2.34. The highest BCUT2D eigenvalue weighted by atomic mass is 14.9. The minimum Gasteiger partial charge on any atom is -0.355 e. The van der Waals surface area contributed by atoms with Crippen LogP contribution >= 0.6 is 0 Å². The molecule has 10 unspecified atom stereocenters. The van der Waals surface area contributed by atoms with Gasteiger partial charge in [-0.25, -0.2) is 0 Å². The van der Waals surface area contributed by atoms with Gasteiger partial charge >= 0.3 is 0 Å². The molecule has 0 spiro atoms. The summed E-state index contributed by atoms with van der Waals surface area (Å²) in [4.78, 5) is 0. The molecule has 0 heterocycles. The number of hydrogen-bond acceptors (Lipinski definition) is 1. The predicted molar refractivity (Wildman–Crippen MR) is 173 cm³/mol. The Morgan fingerprint density at radius 1 is 0.488 bits per heavy atom. The summed E-state index contributed by atoms with van der Waals surface area (Å²) < 4.78 is 0. The average Bonchev–Trinajstić information content (AvgIpc) is 3.74. The number of rotatable bonds is 4. The summed E-state index contributed by atoms with van der Waals surface area (Å²) in [6.45, 7) is 14.1. The zero-order chi connectivity index (χ0) is 28.3. The Bertz CT molecular complexity index is 1230. The van der Waals surface area contributed by atoms with Crippen LogP contribution in [0.1, 0.15) is 140 Å². The normalized spacial score (nSPS) is 39.0. The SMILES string of the molecule is CC(C)(C)c1cc(Nc2cc(C3CC4CC3C3CCCC43)cc(C3CC4CC3C3CCCC43)c2)cc(C(C)(C)C)c1. The van der Waals surface area contributed by atoms with Crippen molar-refractivity contribution in [3.8, 4) is 0 Å². The van der Waals surface area contributed by atoms with Crippen LogP contribution < -0.4 is 5.32 Å². The van der Waals surface area contributed by atoms with Gasteiger partial charge in [-0.15, -0.1) is 0 Å². The highest BCUT2D eigenvalue weighted by Crippen LogP contribution is 2.66. The molecule has 6 fully saturated rings. The van der Waals surface area contributed by atoms with Crippen molar-refractivity contribution in [2.75, 3.05) is 5.32 Å². The van der Waals surface area contributed by atoms with Gasteiger partial charge in [-0.1, -0.05) is 66.5 Å². The van der Waals surface area contributed by atoms with Crippen LogP contribution in [-0.2, 0) is 10.8 Å². The Balaban J connectivity index is 1.17. The van der Waals surface area contributed by atoms with E-state index in [1.165, 1.54) is 86.7 Å². The van der Waals surface area contributed by atoms with E-state index in [4.69, 9.17) is 0 Å². The fourth-order valence-corrected chi connectivity index (χ4v) is 11.8.